The van der Waals surface area contributed by atoms with Gasteiger partial charge in [-0.2, -0.15) is 0 Å². The van der Waals surface area contributed by atoms with E-state index in [1.54, 1.807) is 6.92 Å². The molecule has 0 aliphatic carbocycles. The predicted molar refractivity (Wildman–Crippen MR) is 76.4 cm³/mol. The molecule has 1 saturated heterocycles. The zero-order valence-corrected chi connectivity index (χ0v) is 12.1. The van der Waals surface area contributed by atoms with Crippen molar-refractivity contribution in [3.63, 3.8) is 0 Å². The Labute approximate surface area is 119 Å². The second kappa shape index (κ2) is 6.18. The minimum absolute atomic E-state index is 0.0660. The third-order valence-electron chi connectivity index (χ3n) is 3.80. The lowest BCUT2D eigenvalue weighted by Crippen LogP contribution is -2.52. The van der Waals surface area contributed by atoms with Gasteiger partial charge in [0.25, 0.3) is 0 Å². The summed E-state index contributed by atoms with van der Waals surface area (Å²) in [4.78, 5) is 24.7. The Balaban J connectivity index is 2.31. The number of benzene rings is 1. The molecule has 0 radical (unpaired) electrons. The van der Waals surface area contributed by atoms with Gasteiger partial charge < -0.3 is 10.1 Å². The molecule has 4 heteroatoms. The van der Waals surface area contributed by atoms with Crippen LogP contribution in [-0.2, 0) is 20.7 Å². The first-order valence-electron chi connectivity index (χ1n) is 7.05. The molecule has 2 rings (SSSR count). The molecule has 0 aromatic heterocycles. The second-order valence-electron chi connectivity index (χ2n) is 5.32. The standard InChI is InChI=1S/C16H21NO3/c1-3-20-15(19)16(7-8-17-11-14(16)18)10-13-6-4-5-12(2)9-13/h4-6,9,17H,3,7-8,10-11H2,1-2H3. The molecule has 1 aromatic rings. The van der Waals surface area contributed by atoms with Crippen LogP contribution in [0.25, 0.3) is 0 Å². The summed E-state index contributed by atoms with van der Waals surface area (Å²) < 4.78 is 5.17. The molecule has 1 atom stereocenters. The molecule has 0 amide bonds. The molecule has 1 aliphatic heterocycles. The lowest BCUT2D eigenvalue weighted by atomic mass is 9.73. The van der Waals surface area contributed by atoms with Gasteiger partial charge in [0.1, 0.15) is 5.41 Å². The molecule has 0 saturated carbocycles. The minimum Gasteiger partial charge on any atom is -0.465 e. The first-order chi connectivity index (χ1) is 9.58. The van der Waals surface area contributed by atoms with E-state index in [1.807, 2.05) is 31.2 Å². The Bertz CT molecular complexity index is 512. The van der Waals surface area contributed by atoms with Gasteiger partial charge in [-0.25, -0.2) is 0 Å². The summed E-state index contributed by atoms with van der Waals surface area (Å²) in [6.45, 7) is 4.98. The number of rotatable bonds is 4. The summed E-state index contributed by atoms with van der Waals surface area (Å²) >= 11 is 0. The predicted octanol–water partition coefficient (Wildman–Crippen LogP) is 1.65. The van der Waals surface area contributed by atoms with Crippen LogP contribution in [0.1, 0.15) is 24.5 Å². The van der Waals surface area contributed by atoms with E-state index in [-0.39, 0.29) is 18.3 Å². The van der Waals surface area contributed by atoms with Crippen LogP contribution in [0.4, 0.5) is 0 Å². The van der Waals surface area contributed by atoms with Crippen LogP contribution in [0.15, 0.2) is 24.3 Å². The van der Waals surface area contributed by atoms with Crippen LogP contribution in [0.5, 0.6) is 0 Å². The molecule has 1 heterocycles. The number of carbonyl (C=O) groups excluding carboxylic acids is 2. The van der Waals surface area contributed by atoms with E-state index in [0.717, 1.165) is 11.1 Å². The Kier molecular flexibility index (Phi) is 4.55. The van der Waals surface area contributed by atoms with Crippen molar-refractivity contribution < 1.29 is 14.3 Å². The van der Waals surface area contributed by atoms with Crippen molar-refractivity contribution in [1.29, 1.82) is 0 Å². The highest BCUT2D eigenvalue weighted by molar-refractivity contribution is 6.05. The summed E-state index contributed by atoms with van der Waals surface area (Å²) in [5.41, 5.74) is 1.12. The Morgan fingerprint density at radius 1 is 1.45 bits per heavy atom. The van der Waals surface area contributed by atoms with Gasteiger partial charge >= 0.3 is 5.97 Å². The molecule has 1 fully saturated rings. The first-order valence-corrected chi connectivity index (χ1v) is 7.05. The number of carbonyl (C=O) groups is 2. The van der Waals surface area contributed by atoms with Crippen molar-refractivity contribution in [2.75, 3.05) is 19.7 Å². The molecule has 1 aromatic carbocycles. The smallest absolute Gasteiger partial charge is 0.320 e. The zero-order chi connectivity index (χ0) is 14.6. The molecule has 0 bridgehead atoms. The topological polar surface area (TPSA) is 55.4 Å². The lowest BCUT2D eigenvalue weighted by molar-refractivity contribution is -0.161. The number of piperidine rings is 1. The average molecular weight is 275 g/mol. The van der Waals surface area contributed by atoms with E-state index in [1.165, 1.54) is 0 Å². The van der Waals surface area contributed by atoms with Crippen molar-refractivity contribution in [2.24, 2.45) is 5.41 Å². The number of Topliss-reactive ketones (excluding diaryl/α,β-unsaturated/α-hetero) is 1. The Morgan fingerprint density at radius 2 is 2.25 bits per heavy atom. The van der Waals surface area contributed by atoms with Crippen molar-refractivity contribution in [2.45, 2.75) is 26.7 Å². The largest absolute Gasteiger partial charge is 0.465 e. The highest BCUT2D eigenvalue weighted by Gasteiger charge is 2.47. The highest BCUT2D eigenvalue weighted by atomic mass is 16.5. The molecule has 4 nitrogen and oxygen atoms in total. The number of hydrogen-bond donors (Lipinski definition) is 1. The van der Waals surface area contributed by atoms with Crippen molar-refractivity contribution in [3.8, 4) is 0 Å². The van der Waals surface area contributed by atoms with Gasteiger partial charge in [0.15, 0.2) is 5.78 Å². The fourth-order valence-corrected chi connectivity index (χ4v) is 2.73. The number of hydrogen-bond acceptors (Lipinski definition) is 4. The quantitative estimate of drug-likeness (QED) is 0.670. The second-order valence-corrected chi connectivity index (χ2v) is 5.32. The maximum Gasteiger partial charge on any atom is 0.320 e. The maximum absolute atomic E-state index is 12.4. The number of ether oxygens (including phenoxy) is 1. The average Bonchev–Trinajstić information content (AvgIpc) is 2.42. The van der Waals surface area contributed by atoms with E-state index >= 15 is 0 Å². The third kappa shape index (κ3) is 2.90. The van der Waals surface area contributed by atoms with Crippen molar-refractivity contribution in [3.05, 3.63) is 35.4 Å². The van der Waals surface area contributed by atoms with Gasteiger partial charge in [-0.05, 0) is 38.8 Å². The number of nitrogens with one attached hydrogen (secondary N) is 1. The van der Waals surface area contributed by atoms with Gasteiger partial charge in [0.05, 0.1) is 13.2 Å². The summed E-state index contributed by atoms with van der Waals surface area (Å²) in [6, 6.07) is 7.94. The molecular weight excluding hydrogens is 254 g/mol. The van der Waals surface area contributed by atoms with Gasteiger partial charge in [0.2, 0.25) is 0 Å². The van der Waals surface area contributed by atoms with E-state index in [9.17, 15) is 9.59 Å². The van der Waals surface area contributed by atoms with Crippen LogP contribution in [0, 0.1) is 12.3 Å². The first kappa shape index (κ1) is 14.7. The molecule has 1 unspecified atom stereocenters. The van der Waals surface area contributed by atoms with Crippen LogP contribution in [-0.4, -0.2) is 31.4 Å². The summed E-state index contributed by atoms with van der Waals surface area (Å²) in [5, 5.41) is 3.03. The fourth-order valence-electron chi connectivity index (χ4n) is 2.73. The molecule has 0 spiro atoms. The summed E-state index contributed by atoms with van der Waals surface area (Å²) in [7, 11) is 0. The molecule has 108 valence electrons. The number of aryl methyl sites for hydroxylation is 1. The Morgan fingerprint density at radius 3 is 2.90 bits per heavy atom. The van der Waals surface area contributed by atoms with Gasteiger partial charge in [-0.15, -0.1) is 0 Å². The van der Waals surface area contributed by atoms with Crippen molar-refractivity contribution >= 4 is 11.8 Å². The highest BCUT2D eigenvalue weighted by Crippen LogP contribution is 2.32. The monoisotopic (exact) mass is 275 g/mol. The molecule has 1 N–H and O–H groups in total. The van der Waals surface area contributed by atoms with Gasteiger partial charge in [0, 0.05) is 0 Å². The van der Waals surface area contributed by atoms with E-state index in [4.69, 9.17) is 4.74 Å². The van der Waals surface area contributed by atoms with Crippen LogP contribution in [0.2, 0.25) is 0 Å². The SMILES string of the molecule is CCOC(=O)C1(Cc2cccc(C)c2)CCNCC1=O. The van der Waals surface area contributed by atoms with E-state index in [2.05, 4.69) is 5.32 Å². The molecular formula is C16H21NO3. The minimum atomic E-state index is -1.02. The summed E-state index contributed by atoms with van der Waals surface area (Å²) in [5.74, 6) is -0.447. The fraction of sp³-hybridized carbons (Fsp3) is 0.500. The van der Waals surface area contributed by atoms with Crippen LogP contribution in [0.3, 0.4) is 0 Å². The Hall–Kier alpha value is -1.68. The number of ketones is 1. The normalized spacial score (nSPS) is 22.6. The van der Waals surface area contributed by atoms with Crippen LogP contribution >= 0.6 is 0 Å². The molecule has 20 heavy (non-hydrogen) atoms. The van der Waals surface area contributed by atoms with Crippen LogP contribution < -0.4 is 5.32 Å². The van der Waals surface area contributed by atoms with Gasteiger partial charge in [-0.1, -0.05) is 29.8 Å². The van der Waals surface area contributed by atoms with Crippen molar-refractivity contribution in [1.82, 2.24) is 5.32 Å². The maximum atomic E-state index is 12.4. The third-order valence-corrected chi connectivity index (χ3v) is 3.80. The van der Waals surface area contributed by atoms with Gasteiger partial charge in [-0.3, -0.25) is 9.59 Å². The summed E-state index contributed by atoms with van der Waals surface area (Å²) in [6.07, 6.45) is 0.923. The number of esters is 1. The van der Waals surface area contributed by atoms with E-state index < -0.39 is 5.41 Å². The van der Waals surface area contributed by atoms with E-state index in [0.29, 0.717) is 26.0 Å². The molecule has 1 aliphatic rings. The zero-order valence-electron chi connectivity index (χ0n) is 12.1. The lowest BCUT2D eigenvalue weighted by Gasteiger charge is -2.33.